The van der Waals surface area contributed by atoms with Gasteiger partial charge in [0.15, 0.2) is 22.9 Å². The molecular weight excluding hydrogens is 543 g/mol. The molecule has 1 saturated heterocycles. The lowest BCUT2D eigenvalue weighted by molar-refractivity contribution is -0.275. The minimum atomic E-state index is -4.87. The van der Waals surface area contributed by atoms with Crippen LogP contribution < -0.4 is 21.5 Å². The molecule has 6 N–H and O–H groups in total. The molecule has 0 spiro atoms. The predicted octanol–water partition coefficient (Wildman–Crippen LogP) is 3.69. The van der Waals surface area contributed by atoms with Crippen molar-refractivity contribution in [3.8, 4) is 5.75 Å². The van der Waals surface area contributed by atoms with Crippen molar-refractivity contribution in [2.75, 3.05) is 19.0 Å². The fourth-order valence-electron chi connectivity index (χ4n) is 4.81. The van der Waals surface area contributed by atoms with Crippen molar-refractivity contribution in [3.63, 3.8) is 0 Å². The Balaban J connectivity index is 1.90. The molecular formula is C25H27F5N6O4. The van der Waals surface area contributed by atoms with Gasteiger partial charge < -0.3 is 31.2 Å². The average Bonchev–Trinajstić information content (AvgIpc) is 3.43. The summed E-state index contributed by atoms with van der Waals surface area (Å²) < 4.78 is 82.2. The number of alkyl halides is 3. The van der Waals surface area contributed by atoms with E-state index in [1.54, 1.807) is 6.92 Å². The number of H-pyrrole nitrogens is 1. The second-order valence-electron chi connectivity index (χ2n) is 9.81. The molecule has 0 aliphatic carbocycles. The molecule has 4 rings (SSSR count). The molecule has 0 unspecified atom stereocenters. The molecule has 2 amide bonds. The number of nitrogens with one attached hydrogen (secondary N) is 2. The Morgan fingerprint density at radius 2 is 1.95 bits per heavy atom. The highest BCUT2D eigenvalue weighted by Gasteiger charge is 2.65. The van der Waals surface area contributed by atoms with Crippen LogP contribution in [0, 0.1) is 23.5 Å². The van der Waals surface area contributed by atoms with Gasteiger partial charge in [0, 0.05) is 35.9 Å². The summed E-state index contributed by atoms with van der Waals surface area (Å²) in [4.78, 5) is 35.7. The first-order chi connectivity index (χ1) is 18.6. The van der Waals surface area contributed by atoms with E-state index in [2.05, 4.69) is 20.3 Å². The summed E-state index contributed by atoms with van der Waals surface area (Å²) in [6.45, 7) is 3.72. The van der Waals surface area contributed by atoms with Crippen molar-refractivity contribution < 1.29 is 41.0 Å². The maximum absolute atomic E-state index is 14.7. The van der Waals surface area contributed by atoms with Crippen LogP contribution in [0.3, 0.4) is 0 Å². The summed E-state index contributed by atoms with van der Waals surface area (Å²) in [6, 6.07) is 3.22. The van der Waals surface area contributed by atoms with Crippen LogP contribution in [-0.4, -0.2) is 52.2 Å². The van der Waals surface area contributed by atoms with Crippen molar-refractivity contribution in [2.24, 2.45) is 23.3 Å². The minimum Gasteiger partial charge on any atom is -0.493 e. The highest BCUT2D eigenvalue weighted by Crippen LogP contribution is 2.59. The number of nitrogens with zero attached hydrogens (tertiary/aromatic N) is 2. The minimum absolute atomic E-state index is 0.0367. The van der Waals surface area contributed by atoms with E-state index in [9.17, 15) is 31.5 Å². The van der Waals surface area contributed by atoms with E-state index in [-0.39, 0.29) is 40.5 Å². The number of hydrogen-bond acceptors (Lipinski definition) is 7. The predicted molar refractivity (Wildman–Crippen MR) is 132 cm³/mol. The lowest BCUT2D eigenvalue weighted by Gasteiger charge is -2.32. The fraction of sp³-hybridized carbons (Fsp3) is 0.440. The largest absolute Gasteiger partial charge is 0.493 e. The number of amides is 2. The van der Waals surface area contributed by atoms with E-state index < -0.39 is 64.8 Å². The molecule has 0 saturated carbocycles. The first-order valence-corrected chi connectivity index (χ1v) is 12.1. The van der Waals surface area contributed by atoms with E-state index in [1.165, 1.54) is 13.0 Å². The summed E-state index contributed by atoms with van der Waals surface area (Å²) in [5.41, 5.74) is 7.80. The molecule has 1 aliphatic heterocycles. The van der Waals surface area contributed by atoms with E-state index in [4.69, 9.17) is 20.9 Å². The number of rotatable bonds is 7. The number of pyridine rings is 1. The quantitative estimate of drug-likeness (QED) is 0.316. The molecule has 2 aromatic heterocycles. The Bertz CT molecular complexity index is 1480. The Morgan fingerprint density at radius 1 is 1.27 bits per heavy atom. The van der Waals surface area contributed by atoms with Gasteiger partial charge in [-0.15, -0.1) is 0 Å². The number of imidazole rings is 1. The number of halogens is 5. The molecule has 0 bridgehead atoms. The lowest BCUT2D eigenvalue weighted by Crippen LogP contribution is -2.46. The average molecular weight is 571 g/mol. The smallest absolute Gasteiger partial charge is 0.417 e. The summed E-state index contributed by atoms with van der Waals surface area (Å²) in [6.07, 6.45) is -6.36. The highest BCUT2D eigenvalue weighted by atomic mass is 19.4. The van der Waals surface area contributed by atoms with Crippen molar-refractivity contribution in [1.82, 2.24) is 15.0 Å². The standard InChI is InChI=1S/C25H27F5N6O4/c1-9(8-31)23(38)35-14-7-13-17(18(34-14)21(32)37)36-22(33-13)20-15(10(2)24(3,40-20)25(28,29)30)11-5-6-12(26)16(27)19(11)39-4/h5-7,9-10,15,20H,8,31H2,1-4H3,(H2,32,37)(H,33,36)(H,34,35,38)/t9-,10+,15+,20-,24-/m1/s1. The number of aromatic amines is 1. The number of benzene rings is 1. The molecule has 40 heavy (non-hydrogen) atoms. The summed E-state index contributed by atoms with van der Waals surface area (Å²) in [5, 5.41) is 2.50. The Kier molecular flexibility index (Phi) is 7.49. The van der Waals surface area contributed by atoms with Gasteiger partial charge in [-0.2, -0.15) is 17.6 Å². The molecule has 10 nitrogen and oxygen atoms in total. The first-order valence-electron chi connectivity index (χ1n) is 12.1. The zero-order valence-electron chi connectivity index (χ0n) is 21.8. The van der Waals surface area contributed by atoms with E-state index in [1.807, 2.05) is 0 Å². The fourth-order valence-corrected chi connectivity index (χ4v) is 4.81. The molecule has 1 aromatic carbocycles. The van der Waals surface area contributed by atoms with E-state index >= 15 is 0 Å². The number of aromatic nitrogens is 3. The number of carbonyl (C=O) groups is 2. The van der Waals surface area contributed by atoms with Crippen LogP contribution >= 0.6 is 0 Å². The zero-order chi connectivity index (χ0) is 29.7. The second-order valence-corrected chi connectivity index (χ2v) is 9.81. The first kappa shape index (κ1) is 29.1. The van der Waals surface area contributed by atoms with Crippen molar-refractivity contribution in [1.29, 1.82) is 0 Å². The van der Waals surface area contributed by atoms with Crippen LogP contribution in [0.2, 0.25) is 0 Å². The summed E-state index contributed by atoms with van der Waals surface area (Å²) in [7, 11) is 1.06. The maximum Gasteiger partial charge on any atom is 0.417 e. The second kappa shape index (κ2) is 10.3. The Morgan fingerprint density at radius 3 is 2.52 bits per heavy atom. The summed E-state index contributed by atoms with van der Waals surface area (Å²) in [5.74, 6) is -8.15. The highest BCUT2D eigenvalue weighted by molar-refractivity contribution is 6.04. The third-order valence-corrected chi connectivity index (χ3v) is 7.36. The van der Waals surface area contributed by atoms with Gasteiger partial charge in [-0.25, -0.2) is 14.4 Å². The topological polar surface area (TPSA) is 158 Å². The molecule has 5 atom stereocenters. The van der Waals surface area contributed by atoms with E-state index in [0.717, 1.165) is 26.2 Å². The number of ether oxygens (including phenoxy) is 2. The number of anilines is 1. The van der Waals surface area contributed by atoms with Crippen LogP contribution in [0.1, 0.15) is 54.7 Å². The van der Waals surface area contributed by atoms with Gasteiger partial charge in [0.05, 0.1) is 12.6 Å². The normalized spacial score (nSPS) is 23.8. The van der Waals surface area contributed by atoms with Crippen LogP contribution in [0.15, 0.2) is 18.2 Å². The number of nitrogens with two attached hydrogens (primary N) is 2. The third-order valence-electron chi connectivity index (χ3n) is 7.36. The molecule has 15 heteroatoms. The van der Waals surface area contributed by atoms with Gasteiger partial charge in [0.1, 0.15) is 23.3 Å². The van der Waals surface area contributed by atoms with Crippen molar-refractivity contribution in [2.45, 2.75) is 44.6 Å². The van der Waals surface area contributed by atoms with Crippen LogP contribution in [0.5, 0.6) is 5.75 Å². The maximum atomic E-state index is 14.7. The van der Waals surface area contributed by atoms with Gasteiger partial charge in [-0.3, -0.25) is 9.59 Å². The summed E-state index contributed by atoms with van der Waals surface area (Å²) >= 11 is 0. The lowest BCUT2D eigenvalue weighted by atomic mass is 9.77. The monoisotopic (exact) mass is 570 g/mol. The molecule has 3 aromatic rings. The zero-order valence-corrected chi connectivity index (χ0v) is 21.8. The van der Waals surface area contributed by atoms with Crippen LogP contribution in [-0.2, 0) is 9.53 Å². The van der Waals surface area contributed by atoms with Gasteiger partial charge in [-0.1, -0.05) is 19.9 Å². The third kappa shape index (κ3) is 4.72. The van der Waals surface area contributed by atoms with Gasteiger partial charge in [0.2, 0.25) is 11.7 Å². The molecule has 3 heterocycles. The number of primary amides is 1. The Labute approximate surface area is 224 Å². The molecule has 1 aliphatic rings. The Hall–Kier alpha value is -3.85. The molecule has 1 fully saturated rings. The SMILES string of the molecule is COc1c([C@H]2[C@H](c3nc4c(C(N)=O)nc(NC(=O)[C@H](C)CN)cc4[nH]3)O[C@@](C)(C(F)(F)F)[C@H]2C)ccc(F)c1F. The molecule has 0 radical (unpaired) electrons. The number of fused-ring (bicyclic) bond motifs is 1. The van der Waals surface area contributed by atoms with Crippen molar-refractivity contribution >= 4 is 28.7 Å². The van der Waals surface area contributed by atoms with Gasteiger partial charge in [0.25, 0.3) is 5.91 Å². The van der Waals surface area contributed by atoms with Crippen LogP contribution in [0.25, 0.3) is 11.0 Å². The van der Waals surface area contributed by atoms with Crippen LogP contribution in [0.4, 0.5) is 27.8 Å². The molecule has 216 valence electrons. The van der Waals surface area contributed by atoms with Crippen molar-refractivity contribution in [3.05, 3.63) is 46.9 Å². The number of carbonyl (C=O) groups excluding carboxylic acids is 2. The van der Waals surface area contributed by atoms with Gasteiger partial charge >= 0.3 is 6.18 Å². The van der Waals surface area contributed by atoms with E-state index in [0.29, 0.717) is 0 Å². The van der Waals surface area contributed by atoms with Gasteiger partial charge in [-0.05, 0) is 13.0 Å². The number of methoxy groups -OCH3 is 1. The number of hydrogen-bond donors (Lipinski definition) is 4.